The highest BCUT2D eigenvalue weighted by Gasteiger charge is 2.20. The molecule has 0 fully saturated rings. The van der Waals surface area contributed by atoms with Crippen LogP contribution in [0, 0.1) is 6.92 Å². The zero-order valence-electron chi connectivity index (χ0n) is 16.8. The van der Waals surface area contributed by atoms with E-state index in [1.807, 2.05) is 12.1 Å². The number of benzene rings is 2. The van der Waals surface area contributed by atoms with Gasteiger partial charge in [-0.15, -0.1) is 0 Å². The van der Waals surface area contributed by atoms with Crippen molar-refractivity contribution in [2.75, 3.05) is 13.2 Å². The van der Waals surface area contributed by atoms with Crippen molar-refractivity contribution in [3.63, 3.8) is 0 Å². The normalized spacial score (nSPS) is 12.1. The van der Waals surface area contributed by atoms with Gasteiger partial charge in [0.2, 0.25) is 0 Å². The molecule has 0 N–H and O–H groups in total. The summed E-state index contributed by atoms with van der Waals surface area (Å²) in [4.78, 5) is 0. The van der Waals surface area contributed by atoms with Gasteiger partial charge in [-0.1, -0.05) is 65.3 Å². The first-order valence-corrected chi connectivity index (χ1v) is 9.04. The maximum absolute atomic E-state index is 6.00. The molecular formula is C23H32O2. The van der Waals surface area contributed by atoms with Gasteiger partial charge in [-0.3, -0.25) is 0 Å². The zero-order chi connectivity index (χ0) is 18.7. The predicted molar refractivity (Wildman–Crippen MR) is 106 cm³/mol. The van der Waals surface area contributed by atoms with Crippen molar-refractivity contribution in [1.29, 1.82) is 0 Å². The Morgan fingerprint density at radius 2 is 1.08 bits per heavy atom. The second-order valence-corrected chi connectivity index (χ2v) is 8.76. The van der Waals surface area contributed by atoms with E-state index in [0.29, 0.717) is 13.2 Å². The van der Waals surface area contributed by atoms with Crippen LogP contribution in [0.25, 0.3) is 0 Å². The molecule has 2 heteroatoms. The largest absolute Gasteiger partial charge is 0.490 e. The highest BCUT2D eigenvalue weighted by molar-refractivity contribution is 5.40. The minimum absolute atomic E-state index is 0.0950. The van der Waals surface area contributed by atoms with Crippen LogP contribution >= 0.6 is 0 Å². The SMILES string of the molecule is Cc1ccc(OCCOc2cc(C(C)(C)C)cc(C(C)(C)C)c2)cc1. The number of hydrogen-bond acceptors (Lipinski definition) is 2. The molecule has 0 unspecified atom stereocenters. The Hall–Kier alpha value is -1.96. The Morgan fingerprint density at radius 1 is 0.640 bits per heavy atom. The molecule has 0 aliphatic rings. The second kappa shape index (κ2) is 7.51. The molecule has 2 nitrogen and oxygen atoms in total. The van der Waals surface area contributed by atoms with Crippen LogP contribution < -0.4 is 9.47 Å². The third-order valence-corrected chi connectivity index (χ3v) is 4.28. The molecule has 0 atom stereocenters. The molecule has 0 aromatic heterocycles. The molecule has 0 amide bonds. The van der Waals surface area contributed by atoms with E-state index in [9.17, 15) is 0 Å². The summed E-state index contributed by atoms with van der Waals surface area (Å²) in [6.45, 7) is 16.6. The minimum atomic E-state index is 0.0950. The molecule has 0 radical (unpaired) electrons. The van der Waals surface area contributed by atoms with E-state index in [0.717, 1.165) is 11.5 Å². The molecule has 0 saturated heterocycles. The van der Waals surface area contributed by atoms with Crippen LogP contribution in [0.1, 0.15) is 58.2 Å². The van der Waals surface area contributed by atoms with Crippen molar-refractivity contribution in [3.05, 3.63) is 59.2 Å². The van der Waals surface area contributed by atoms with Crippen LogP contribution in [0.3, 0.4) is 0 Å². The fourth-order valence-electron chi connectivity index (χ4n) is 2.50. The molecule has 25 heavy (non-hydrogen) atoms. The van der Waals surface area contributed by atoms with Gasteiger partial charge < -0.3 is 9.47 Å². The zero-order valence-corrected chi connectivity index (χ0v) is 16.8. The lowest BCUT2D eigenvalue weighted by atomic mass is 9.80. The Labute approximate surface area is 153 Å². The minimum Gasteiger partial charge on any atom is -0.490 e. The Balaban J connectivity index is 2.04. The summed E-state index contributed by atoms with van der Waals surface area (Å²) in [5.41, 5.74) is 4.02. The Morgan fingerprint density at radius 3 is 1.52 bits per heavy atom. The number of rotatable bonds is 5. The molecule has 0 saturated carbocycles. The van der Waals surface area contributed by atoms with E-state index in [1.165, 1.54) is 16.7 Å². The number of ether oxygens (including phenoxy) is 2. The summed E-state index contributed by atoms with van der Waals surface area (Å²) in [5.74, 6) is 1.80. The first-order chi connectivity index (χ1) is 11.6. The summed E-state index contributed by atoms with van der Waals surface area (Å²) in [6.07, 6.45) is 0. The van der Waals surface area contributed by atoms with Crippen LogP contribution in [-0.2, 0) is 10.8 Å². The summed E-state index contributed by atoms with van der Waals surface area (Å²) in [5, 5.41) is 0. The van der Waals surface area contributed by atoms with Gasteiger partial charge >= 0.3 is 0 Å². The smallest absolute Gasteiger partial charge is 0.122 e. The maximum atomic E-state index is 6.00. The van der Waals surface area contributed by atoms with Gasteiger partial charge in [-0.05, 0) is 53.1 Å². The summed E-state index contributed by atoms with van der Waals surface area (Å²) >= 11 is 0. The molecule has 0 heterocycles. The monoisotopic (exact) mass is 340 g/mol. The Bertz CT molecular complexity index is 653. The molecule has 2 aromatic rings. The Kier molecular flexibility index (Phi) is 5.82. The summed E-state index contributed by atoms with van der Waals surface area (Å²) < 4.78 is 11.8. The van der Waals surface area contributed by atoms with Crippen molar-refractivity contribution >= 4 is 0 Å². The van der Waals surface area contributed by atoms with Gasteiger partial charge in [-0.25, -0.2) is 0 Å². The van der Waals surface area contributed by atoms with E-state index in [1.54, 1.807) is 0 Å². The van der Waals surface area contributed by atoms with Gasteiger partial charge in [0.25, 0.3) is 0 Å². The van der Waals surface area contributed by atoms with Gasteiger partial charge in [0.05, 0.1) is 0 Å². The molecule has 2 rings (SSSR count). The lowest BCUT2D eigenvalue weighted by molar-refractivity contribution is 0.216. The fourth-order valence-corrected chi connectivity index (χ4v) is 2.50. The lowest BCUT2D eigenvalue weighted by Crippen LogP contribution is -2.17. The van der Waals surface area contributed by atoms with Crippen molar-refractivity contribution < 1.29 is 9.47 Å². The van der Waals surface area contributed by atoms with E-state index < -0.39 is 0 Å². The quantitative estimate of drug-likeness (QED) is 0.617. The molecule has 0 aliphatic heterocycles. The van der Waals surface area contributed by atoms with Crippen LogP contribution in [-0.4, -0.2) is 13.2 Å². The van der Waals surface area contributed by atoms with Crippen molar-refractivity contribution in [3.8, 4) is 11.5 Å². The lowest BCUT2D eigenvalue weighted by Gasteiger charge is -2.26. The van der Waals surface area contributed by atoms with Gasteiger partial charge in [0.15, 0.2) is 0 Å². The van der Waals surface area contributed by atoms with Gasteiger partial charge in [0.1, 0.15) is 24.7 Å². The standard InChI is InChI=1S/C23H32O2/c1-17-8-10-20(11-9-17)24-12-13-25-21-15-18(22(2,3)4)14-19(16-21)23(5,6)7/h8-11,14-16H,12-13H2,1-7H3. The van der Waals surface area contributed by atoms with Crippen LogP contribution in [0.5, 0.6) is 11.5 Å². The van der Waals surface area contributed by atoms with Gasteiger partial charge in [-0.2, -0.15) is 0 Å². The predicted octanol–water partition coefficient (Wildman–Crippen LogP) is 6.05. The van der Waals surface area contributed by atoms with Crippen LogP contribution in [0.2, 0.25) is 0 Å². The first-order valence-electron chi connectivity index (χ1n) is 9.04. The molecule has 136 valence electrons. The van der Waals surface area contributed by atoms with Crippen molar-refractivity contribution in [1.82, 2.24) is 0 Å². The topological polar surface area (TPSA) is 18.5 Å². The fraction of sp³-hybridized carbons (Fsp3) is 0.478. The average molecular weight is 341 g/mol. The molecule has 0 spiro atoms. The van der Waals surface area contributed by atoms with E-state index in [4.69, 9.17) is 9.47 Å². The van der Waals surface area contributed by atoms with E-state index in [-0.39, 0.29) is 10.8 Å². The summed E-state index contributed by atoms with van der Waals surface area (Å²) in [7, 11) is 0. The van der Waals surface area contributed by atoms with Crippen molar-refractivity contribution in [2.24, 2.45) is 0 Å². The summed E-state index contributed by atoms with van der Waals surface area (Å²) in [6, 6.07) is 14.7. The third-order valence-electron chi connectivity index (χ3n) is 4.28. The average Bonchev–Trinajstić information content (AvgIpc) is 2.51. The van der Waals surface area contributed by atoms with Gasteiger partial charge in [0, 0.05) is 0 Å². The van der Waals surface area contributed by atoms with Crippen LogP contribution in [0.4, 0.5) is 0 Å². The molecular weight excluding hydrogens is 308 g/mol. The highest BCUT2D eigenvalue weighted by atomic mass is 16.5. The van der Waals surface area contributed by atoms with Crippen molar-refractivity contribution in [2.45, 2.75) is 59.3 Å². The third kappa shape index (κ3) is 5.81. The van der Waals surface area contributed by atoms with Crippen LogP contribution in [0.15, 0.2) is 42.5 Å². The van der Waals surface area contributed by atoms with E-state index in [2.05, 4.69) is 78.8 Å². The molecule has 2 aromatic carbocycles. The first kappa shape index (κ1) is 19.4. The molecule has 0 aliphatic carbocycles. The maximum Gasteiger partial charge on any atom is 0.122 e. The molecule has 0 bridgehead atoms. The highest BCUT2D eigenvalue weighted by Crippen LogP contribution is 2.32. The number of hydrogen-bond donors (Lipinski definition) is 0. The number of aryl methyl sites for hydroxylation is 1. The second-order valence-electron chi connectivity index (χ2n) is 8.76. The van der Waals surface area contributed by atoms with E-state index >= 15 is 0 Å².